The van der Waals surface area contributed by atoms with Gasteiger partial charge in [-0.2, -0.15) is 5.10 Å². The van der Waals surface area contributed by atoms with Gasteiger partial charge in [0.25, 0.3) is 0 Å². The normalized spacial score (nSPS) is 12.9. The lowest BCUT2D eigenvalue weighted by molar-refractivity contribution is -0.386. The van der Waals surface area contributed by atoms with Gasteiger partial charge in [0.05, 0.1) is 17.6 Å². The molecule has 0 radical (unpaired) electrons. The Morgan fingerprint density at radius 3 is 2.65 bits per heavy atom. The minimum atomic E-state index is -0.630. The maximum absolute atomic E-state index is 10.9. The summed E-state index contributed by atoms with van der Waals surface area (Å²) in [5, 5.41) is 28.1. The predicted octanol–water partition coefficient (Wildman–Crippen LogP) is -0.0798. The van der Waals surface area contributed by atoms with Gasteiger partial charge >= 0.3 is 5.69 Å². The Kier molecular flexibility index (Phi) is 6.05. The molecule has 1 atom stereocenters. The first-order valence-corrected chi connectivity index (χ1v) is 6.54. The highest BCUT2D eigenvalue weighted by Gasteiger charge is 2.22. The summed E-state index contributed by atoms with van der Waals surface area (Å²) in [5.41, 5.74) is 0.873. The first-order valence-electron chi connectivity index (χ1n) is 6.54. The Balaban J connectivity index is 2.52. The van der Waals surface area contributed by atoms with Gasteiger partial charge in [-0.3, -0.25) is 14.8 Å². The van der Waals surface area contributed by atoms with Crippen molar-refractivity contribution < 1.29 is 10.0 Å². The molecule has 0 spiro atoms. The lowest BCUT2D eigenvalue weighted by atomic mass is 10.3. The fraction of sp³-hybridized carbons (Fsp3) is 0.750. The topological polar surface area (TPSA) is 96.5 Å². The van der Waals surface area contributed by atoms with E-state index < -0.39 is 11.0 Å². The van der Waals surface area contributed by atoms with Crippen LogP contribution >= 0.6 is 0 Å². The molecule has 0 aliphatic rings. The zero-order chi connectivity index (χ0) is 15.3. The van der Waals surface area contributed by atoms with Gasteiger partial charge in [0.1, 0.15) is 11.4 Å². The Labute approximate surface area is 118 Å². The smallest absolute Gasteiger partial charge is 0.312 e. The van der Waals surface area contributed by atoms with Crippen LogP contribution < -0.4 is 5.32 Å². The van der Waals surface area contributed by atoms with Crippen LogP contribution in [0.5, 0.6) is 0 Å². The van der Waals surface area contributed by atoms with Crippen LogP contribution in [0.3, 0.4) is 0 Å². The molecule has 1 aromatic heterocycles. The summed E-state index contributed by atoms with van der Waals surface area (Å²) in [6, 6.07) is 0. The molecule has 8 heteroatoms. The first-order chi connectivity index (χ1) is 9.32. The molecule has 0 aliphatic carbocycles. The van der Waals surface area contributed by atoms with Gasteiger partial charge in [0, 0.05) is 19.6 Å². The second-order valence-electron chi connectivity index (χ2n) is 5.12. The van der Waals surface area contributed by atoms with Crippen LogP contribution in [0.25, 0.3) is 0 Å². The van der Waals surface area contributed by atoms with Gasteiger partial charge in [-0.1, -0.05) is 0 Å². The Morgan fingerprint density at radius 2 is 2.15 bits per heavy atom. The zero-order valence-corrected chi connectivity index (χ0v) is 12.5. The second kappa shape index (κ2) is 7.32. The molecule has 0 saturated carbocycles. The summed E-state index contributed by atoms with van der Waals surface area (Å²) in [6.45, 7) is 5.59. The summed E-state index contributed by atoms with van der Waals surface area (Å²) in [6.07, 6.45) is -0.630. The van der Waals surface area contributed by atoms with Crippen LogP contribution in [-0.2, 0) is 6.54 Å². The lowest BCUT2D eigenvalue weighted by Crippen LogP contribution is -2.34. The second-order valence-corrected chi connectivity index (χ2v) is 5.12. The van der Waals surface area contributed by atoms with Crippen molar-refractivity contribution in [3.63, 3.8) is 0 Å². The molecule has 1 aromatic rings. The summed E-state index contributed by atoms with van der Waals surface area (Å²) < 4.78 is 1.49. The molecule has 114 valence electrons. The molecule has 0 aliphatic heterocycles. The number of aryl methyl sites for hydroxylation is 1. The van der Waals surface area contributed by atoms with Crippen LogP contribution in [0.2, 0.25) is 0 Å². The highest BCUT2D eigenvalue weighted by Crippen LogP contribution is 2.21. The fourth-order valence-corrected chi connectivity index (χ4v) is 1.96. The number of aliphatic hydroxyl groups is 1. The van der Waals surface area contributed by atoms with Crippen molar-refractivity contribution >= 4 is 5.69 Å². The van der Waals surface area contributed by atoms with Gasteiger partial charge in [-0.25, -0.2) is 0 Å². The van der Waals surface area contributed by atoms with Gasteiger partial charge in [-0.05, 0) is 27.9 Å². The number of nitrogens with one attached hydrogen (secondary N) is 1. The highest BCUT2D eigenvalue weighted by atomic mass is 16.6. The first kappa shape index (κ1) is 16.5. The average molecular weight is 285 g/mol. The van der Waals surface area contributed by atoms with Crippen LogP contribution in [0.4, 0.5) is 5.69 Å². The van der Waals surface area contributed by atoms with E-state index in [9.17, 15) is 15.2 Å². The van der Waals surface area contributed by atoms with E-state index in [1.54, 1.807) is 13.8 Å². The van der Waals surface area contributed by atoms with E-state index in [0.29, 0.717) is 17.9 Å². The quantitative estimate of drug-likeness (QED) is 0.394. The van der Waals surface area contributed by atoms with Crippen LogP contribution in [-0.4, -0.2) is 64.5 Å². The molecule has 1 unspecified atom stereocenters. The largest absolute Gasteiger partial charge is 0.390 e. The van der Waals surface area contributed by atoms with Crippen molar-refractivity contribution in [2.45, 2.75) is 26.5 Å². The Bertz CT molecular complexity index is 458. The number of hydrogen-bond donors (Lipinski definition) is 2. The SMILES string of the molecule is Cc1nn(CC(O)CNCCN(C)C)c(C)c1[N+](=O)[O-]. The predicted molar refractivity (Wildman–Crippen MR) is 75.8 cm³/mol. The van der Waals surface area contributed by atoms with E-state index in [1.807, 2.05) is 19.0 Å². The van der Waals surface area contributed by atoms with E-state index in [2.05, 4.69) is 10.4 Å². The van der Waals surface area contributed by atoms with Crippen LogP contribution in [0, 0.1) is 24.0 Å². The molecular formula is C12H23N5O3. The lowest BCUT2D eigenvalue weighted by Gasteiger charge is -2.14. The highest BCUT2D eigenvalue weighted by molar-refractivity contribution is 5.39. The number of nitrogens with zero attached hydrogens (tertiary/aromatic N) is 4. The minimum absolute atomic E-state index is 0.0257. The number of rotatable bonds is 8. The van der Waals surface area contributed by atoms with Gasteiger partial charge < -0.3 is 15.3 Å². The summed E-state index contributed by atoms with van der Waals surface area (Å²) in [5.74, 6) is 0. The fourth-order valence-electron chi connectivity index (χ4n) is 1.96. The van der Waals surface area contributed by atoms with Crippen molar-refractivity contribution in [1.29, 1.82) is 0 Å². The van der Waals surface area contributed by atoms with Crippen molar-refractivity contribution in [2.75, 3.05) is 33.7 Å². The molecule has 0 bridgehead atoms. The van der Waals surface area contributed by atoms with Gasteiger partial charge in [-0.15, -0.1) is 0 Å². The third-order valence-corrected chi connectivity index (χ3v) is 3.03. The molecule has 0 saturated heterocycles. The molecule has 0 amide bonds. The number of aromatic nitrogens is 2. The number of aliphatic hydroxyl groups excluding tert-OH is 1. The van der Waals surface area contributed by atoms with Gasteiger partial charge in [0.15, 0.2) is 0 Å². The molecule has 0 fully saturated rings. The molecule has 20 heavy (non-hydrogen) atoms. The number of likely N-dealkylation sites (N-methyl/N-ethyl adjacent to an activating group) is 1. The Morgan fingerprint density at radius 1 is 1.50 bits per heavy atom. The molecule has 1 heterocycles. The van der Waals surface area contributed by atoms with Crippen molar-refractivity contribution in [2.24, 2.45) is 0 Å². The van der Waals surface area contributed by atoms with Crippen LogP contribution in [0.15, 0.2) is 0 Å². The van der Waals surface area contributed by atoms with Crippen molar-refractivity contribution in [1.82, 2.24) is 20.0 Å². The maximum atomic E-state index is 10.9. The van der Waals surface area contributed by atoms with Crippen molar-refractivity contribution in [3.8, 4) is 0 Å². The monoisotopic (exact) mass is 285 g/mol. The summed E-state index contributed by atoms with van der Waals surface area (Å²) in [4.78, 5) is 12.5. The third-order valence-electron chi connectivity index (χ3n) is 3.03. The molecule has 1 rings (SSSR count). The van der Waals surface area contributed by atoms with Crippen molar-refractivity contribution in [3.05, 3.63) is 21.5 Å². The molecule has 2 N–H and O–H groups in total. The standard InChI is InChI=1S/C12H23N5O3/c1-9-12(17(19)20)10(2)16(14-9)8-11(18)7-13-5-6-15(3)4/h11,13,18H,5-8H2,1-4H3. The van der Waals surface area contributed by atoms with Gasteiger partial charge in [0.2, 0.25) is 0 Å². The van der Waals surface area contributed by atoms with E-state index in [4.69, 9.17) is 0 Å². The Hall–Kier alpha value is -1.51. The molecular weight excluding hydrogens is 262 g/mol. The summed E-state index contributed by atoms with van der Waals surface area (Å²) >= 11 is 0. The maximum Gasteiger partial charge on any atom is 0.312 e. The summed E-state index contributed by atoms with van der Waals surface area (Å²) in [7, 11) is 3.96. The van der Waals surface area contributed by atoms with E-state index >= 15 is 0 Å². The van der Waals surface area contributed by atoms with Crippen LogP contribution in [0.1, 0.15) is 11.4 Å². The van der Waals surface area contributed by atoms with E-state index in [-0.39, 0.29) is 12.2 Å². The number of nitro groups is 1. The molecule has 0 aromatic carbocycles. The third kappa shape index (κ3) is 4.55. The average Bonchev–Trinajstić information content (AvgIpc) is 2.59. The number of hydrogen-bond acceptors (Lipinski definition) is 6. The zero-order valence-electron chi connectivity index (χ0n) is 12.5. The van der Waals surface area contributed by atoms with E-state index in [1.165, 1.54) is 4.68 Å². The molecule has 8 nitrogen and oxygen atoms in total. The minimum Gasteiger partial charge on any atom is -0.390 e. The van der Waals surface area contributed by atoms with E-state index in [0.717, 1.165) is 13.1 Å².